The number of hydrogen-bond acceptors (Lipinski definition) is 2. The van der Waals surface area contributed by atoms with Crippen molar-refractivity contribution in [1.82, 2.24) is 4.90 Å². The number of nitrogens with zero attached hydrogens (tertiary/aromatic N) is 2. The summed E-state index contributed by atoms with van der Waals surface area (Å²) in [4.78, 5) is 16.4. The SMILES string of the molecule is CN1C(=O)N=C(N)C1c1ccc(F)cc1Br. The van der Waals surface area contributed by atoms with Crippen molar-refractivity contribution < 1.29 is 9.18 Å². The monoisotopic (exact) mass is 285 g/mol. The minimum Gasteiger partial charge on any atom is -0.385 e. The fourth-order valence-corrected chi connectivity index (χ4v) is 2.22. The molecule has 6 heteroatoms. The van der Waals surface area contributed by atoms with E-state index < -0.39 is 12.1 Å². The second kappa shape index (κ2) is 3.86. The zero-order valence-corrected chi connectivity index (χ0v) is 10.0. The maximum absolute atomic E-state index is 12.9. The molecule has 1 aromatic rings. The molecule has 16 heavy (non-hydrogen) atoms. The first-order valence-electron chi connectivity index (χ1n) is 4.56. The number of amidine groups is 1. The third-order valence-electron chi connectivity index (χ3n) is 2.45. The van der Waals surface area contributed by atoms with Gasteiger partial charge >= 0.3 is 6.03 Å². The van der Waals surface area contributed by atoms with Crippen LogP contribution in [0.4, 0.5) is 9.18 Å². The van der Waals surface area contributed by atoms with E-state index in [1.165, 1.54) is 17.0 Å². The quantitative estimate of drug-likeness (QED) is 0.859. The molecule has 1 aliphatic heterocycles. The smallest absolute Gasteiger partial charge is 0.345 e. The zero-order valence-electron chi connectivity index (χ0n) is 8.45. The Morgan fingerprint density at radius 1 is 1.56 bits per heavy atom. The molecule has 0 saturated carbocycles. The highest BCUT2D eigenvalue weighted by atomic mass is 79.9. The molecule has 1 aromatic carbocycles. The third kappa shape index (κ3) is 1.69. The maximum Gasteiger partial charge on any atom is 0.345 e. The first-order chi connectivity index (χ1) is 7.50. The Labute approximate surface area is 100 Å². The highest BCUT2D eigenvalue weighted by molar-refractivity contribution is 9.10. The number of halogens is 2. The van der Waals surface area contributed by atoms with Crippen LogP contribution in [0.1, 0.15) is 11.6 Å². The second-order valence-corrected chi connectivity index (χ2v) is 4.35. The summed E-state index contributed by atoms with van der Waals surface area (Å²) < 4.78 is 13.5. The summed E-state index contributed by atoms with van der Waals surface area (Å²) in [6.45, 7) is 0. The van der Waals surface area contributed by atoms with Crippen LogP contribution in [0.5, 0.6) is 0 Å². The van der Waals surface area contributed by atoms with Crippen molar-refractivity contribution in [2.24, 2.45) is 10.7 Å². The van der Waals surface area contributed by atoms with E-state index in [0.717, 1.165) is 5.56 Å². The van der Waals surface area contributed by atoms with Crippen molar-refractivity contribution in [3.8, 4) is 0 Å². The molecule has 84 valence electrons. The van der Waals surface area contributed by atoms with Gasteiger partial charge in [-0.3, -0.25) is 0 Å². The largest absolute Gasteiger partial charge is 0.385 e. The van der Waals surface area contributed by atoms with E-state index in [2.05, 4.69) is 20.9 Å². The predicted molar refractivity (Wildman–Crippen MR) is 61.6 cm³/mol. The maximum atomic E-state index is 12.9. The lowest BCUT2D eigenvalue weighted by Crippen LogP contribution is -2.30. The van der Waals surface area contributed by atoms with Crippen LogP contribution in [-0.4, -0.2) is 23.8 Å². The van der Waals surface area contributed by atoms with Crippen molar-refractivity contribution in [2.45, 2.75) is 6.04 Å². The van der Waals surface area contributed by atoms with Crippen LogP contribution >= 0.6 is 15.9 Å². The number of nitrogens with two attached hydrogens (primary N) is 1. The predicted octanol–water partition coefficient (Wildman–Crippen LogP) is 2.05. The minimum absolute atomic E-state index is 0.222. The first-order valence-corrected chi connectivity index (χ1v) is 5.36. The molecule has 2 amide bonds. The number of amides is 2. The molecule has 1 heterocycles. The molecule has 0 fully saturated rings. The molecule has 2 N–H and O–H groups in total. The number of likely N-dealkylation sites (N-methyl/N-ethyl adjacent to an activating group) is 1. The van der Waals surface area contributed by atoms with Gasteiger partial charge in [0.2, 0.25) is 0 Å². The molecule has 4 nitrogen and oxygen atoms in total. The van der Waals surface area contributed by atoms with Crippen LogP contribution in [-0.2, 0) is 0 Å². The van der Waals surface area contributed by atoms with Crippen LogP contribution in [0.2, 0.25) is 0 Å². The van der Waals surface area contributed by atoms with Crippen molar-refractivity contribution in [2.75, 3.05) is 7.05 Å². The Morgan fingerprint density at radius 2 is 2.25 bits per heavy atom. The van der Waals surface area contributed by atoms with E-state index in [1.807, 2.05) is 0 Å². The fraction of sp³-hybridized carbons (Fsp3) is 0.200. The average Bonchev–Trinajstić information content (AvgIpc) is 2.43. The van der Waals surface area contributed by atoms with Gasteiger partial charge in [0.15, 0.2) is 0 Å². The van der Waals surface area contributed by atoms with Crippen LogP contribution in [0.15, 0.2) is 27.7 Å². The molecule has 0 radical (unpaired) electrons. The summed E-state index contributed by atoms with van der Waals surface area (Å²) in [5.41, 5.74) is 6.39. The molecule has 0 aromatic heterocycles. The van der Waals surface area contributed by atoms with Gasteiger partial charge in [0.05, 0.1) is 0 Å². The van der Waals surface area contributed by atoms with E-state index in [0.29, 0.717) is 4.47 Å². The highest BCUT2D eigenvalue weighted by Gasteiger charge is 2.32. The molecule has 0 saturated heterocycles. The van der Waals surface area contributed by atoms with Gasteiger partial charge in [0.25, 0.3) is 0 Å². The Hall–Kier alpha value is -1.43. The molecular formula is C10H9BrFN3O. The number of carbonyl (C=O) groups is 1. The third-order valence-corrected chi connectivity index (χ3v) is 3.14. The van der Waals surface area contributed by atoms with Gasteiger partial charge < -0.3 is 10.6 Å². The van der Waals surface area contributed by atoms with Crippen LogP contribution in [0.3, 0.4) is 0 Å². The van der Waals surface area contributed by atoms with Crippen molar-refractivity contribution in [3.63, 3.8) is 0 Å². The Balaban J connectivity index is 2.45. The lowest BCUT2D eigenvalue weighted by Gasteiger charge is -2.20. The van der Waals surface area contributed by atoms with Crippen molar-refractivity contribution >= 4 is 27.8 Å². The molecule has 0 aliphatic carbocycles. The van der Waals surface area contributed by atoms with E-state index in [9.17, 15) is 9.18 Å². The zero-order chi connectivity index (χ0) is 11.9. The van der Waals surface area contributed by atoms with Gasteiger partial charge in [-0.05, 0) is 17.7 Å². The number of aliphatic imine (C=N–C) groups is 1. The lowest BCUT2D eigenvalue weighted by molar-refractivity contribution is 0.218. The average molecular weight is 286 g/mol. The van der Waals surface area contributed by atoms with E-state index in [4.69, 9.17) is 5.73 Å². The van der Waals surface area contributed by atoms with Crippen molar-refractivity contribution in [3.05, 3.63) is 34.1 Å². The van der Waals surface area contributed by atoms with Gasteiger partial charge in [0.1, 0.15) is 17.7 Å². The molecule has 1 atom stereocenters. The molecule has 2 rings (SSSR count). The summed E-state index contributed by atoms with van der Waals surface area (Å²) in [5, 5.41) is 0. The number of urea groups is 1. The summed E-state index contributed by atoms with van der Waals surface area (Å²) in [7, 11) is 1.60. The van der Waals surface area contributed by atoms with Gasteiger partial charge in [0, 0.05) is 11.5 Å². The number of carbonyl (C=O) groups excluding carboxylic acids is 1. The molecule has 0 spiro atoms. The van der Waals surface area contributed by atoms with Gasteiger partial charge in [-0.15, -0.1) is 0 Å². The standard InChI is InChI=1S/C10H9BrFN3O/c1-15-8(9(13)14-10(15)16)6-3-2-5(12)4-7(6)11/h2-4,8H,1H3,(H2,13,14,16). The van der Waals surface area contributed by atoms with Crippen LogP contribution < -0.4 is 5.73 Å². The molecule has 0 bridgehead atoms. The Bertz CT molecular complexity index is 489. The molecule has 1 aliphatic rings. The number of benzene rings is 1. The Kier molecular flexibility index (Phi) is 2.67. The summed E-state index contributed by atoms with van der Waals surface area (Å²) in [6, 6.07) is 3.42. The van der Waals surface area contributed by atoms with Gasteiger partial charge in [-0.25, -0.2) is 9.18 Å². The van der Waals surface area contributed by atoms with Crippen molar-refractivity contribution in [1.29, 1.82) is 0 Å². The summed E-state index contributed by atoms with van der Waals surface area (Å²) >= 11 is 3.24. The minimum atomic E-state index is -0.428. The number of rotatable bonds is 1. The van der Waals surface area contributed by atoms with E-state index in [1.54, 1.807) is 13.1 Å². The van der Waals surface area contributed by atoms with E-state index >= 15 is 0 Å². The Morgan fingerprint density at radius 3 is 2.75 bits per heavy atom. The van der Waals surface area contributed by atoms with Crippen LogP contribution in [0.25, 0.3) is 0 Å². The fourth-order valence-electron chi connectivity index (χ4n) is 1.65. The van der Waals surface area contributed by atoms with E-state index in [-0.39, 0.29) is 11.7 Å². The summed E-state index contributed by atoms with van der Waals surface area (Å²) in [6.07, 6.45) is 0. The van der Waals surface area contributed by atoms with Crippen LogP contribution in [0, 0.1) is 5.82 Å². The summed E-state index contributed by atoms with van der Waals surface area (Å²) in [5.74, 6) is -0.127. The number of hydrogen-bond donors (Lipinski definition) is 1. The van der Waals surface area contributed by atoms with Gasteiger partial charge in [-0.1, -0.05) is 22.0 Å². The highest BCUT2D eigenvalue weighted by Crippen LogP contribution is 2.31. The first kappa shape index (κ1) is 11.1. The molecular weight excluding hydrogens is 277 g/mol. The van der Waals surface area contributed by atoms with Gasteiger partial charge in [-0.2, -0.15) is 4.99 Å². The molecule has 1 unspecified atom stereocenters. The second-order valence-electron chi connectivity index (χ2n) is 3.50. The topological polar surface area (TPSA) is 58.7 Å². The normalized spacial score (nSPS) is 20.2. The lowest BCUT2D eigenvalue weighted by atomic mass is 10.1.